The molecule has 0 saturated heterocycles. The molecule has 0 aliphatic carbocycles. The standard InChI is InChI=1S/C19H17ClN2O4S/c1-19(2,26-12-6-4-11(20)5-7-12)17(23)21-18-22(3)13-8-14-15(25-10-24-14)9-16(13)27-18/h4-9H,10H2,1-3H3. The van der Waals surface area contributed by atoms with Crippen molar-refractivity contribution in [2.45, 2.75) is 19.4 Å². The zero-order valence-corrected chi connectivity index (χ0v) is 16.6. The first-order chi connectivity index (χ1) is 12.8. The first-order valence-corrected chi connectivity index (χ1v) is 9.46. The first-order valence-electron chi connectivity index (χ1n) is 8.26. The van der Waals surface area contributed by atoms with Crippen LogP contribution in [0.1, 0.15) is 13.8 Å². The van der Waals surface area contributed by atoms with E-state index < -0.39 is 5.60 Å². The number of hydrogen-bond donors (Lipinski definition) is 0. The van der Waals surface area contributed by atoms with Crippen LogP contribution in [0.2, 0.25) is 5.02 Å². The lowest BCUT2D eigenvalue weighted by Gasteiger charge is -2.22. The van der Waals surface area contributed by atoms with Gasteiger partial charge in [-0.2, -0.15) is 4.99 Å². The number of amides is 1. The van der Waals surface area contributed by atoms with Gasteiger partial charge in [0.25, 0.3) is 5.91 Å². The molecule has 0 bridgehead atoms. The van der Waals surface area contributed by atoms with Gasteiger partial charge in [-0.25, -0.2) is 0 Å². The highest BCUT2D eigenvalue weighted by Gasteiger charge is 2.30. The lowest BCUT2D eigenvalue weighted by molar-refractivity contribution is -0.130. The van der Waals surface area contributed by atoms with Crippen LogP contribution in [0.15, 0.2) is 41.4 Å². The Morgan fingerprint density at radius 2 is 1.89 bits per heavy atom. The molecule has 8 heteroatoms. The van der Waals surface area contributed by atoms with E-state index in [2.05, 4.69) is 4.99 Å². The minimum absolute atomic E-state index is 0.224. The van der Waals surface area contributed by atoms with Crippen LogP contribution in [0, 0.1) is 0 Å². The van der Waals surface area contributed by atoms with Crippen LogP contribution < -0.4 is 19.0 Å². The third-order valence-corrected chi connectivity index (χ3v) is 5.55. The molecule has 0 spiro atoms. The lowest BCUT2D eigenvalue weighted by Crippen LogP contribution is -2.38. The van der Waals surface area contributed by atoms with Gasteiger partial charge in [0, 0.05) is 24.2 Å². The molecule has 0 fully saturated rings. The number of benzene rings is 2. The third-order valence-electron chi connectivity index (χ3n) is 4.20. The molecule has 6 nitrogen and oxygen atoms in total. The van der Waals surface area contributed by atoms with Gasteiger partial charge in [-0.05, 0) is 38.1 Å². The highest BCUT2D eigenvalue weighted by atomic mass is 35.5. The molecule has 27 heavy (non-hydrogen) atoms. The van der Waals surface area contributed by atoms with Gasteiger partial charge in [-0.3, -0.25) is 4.79 Å². The molecule has 1 aliphatic heterocycles. The zero-order chi connectivity index (χ0) is 19.2. The molecule has 2 heterocycles. The molecule has 140 valence electrons. The van der Waals surface area contributed by atoms with Crippen LogP contribution in [-0.2, 0) is 11.8 Å². The van der Waals surface area contributed by atoms with Gasteiger partial charge in [0.1, 0.15) is 5.75 Å². The van der Waals surface area contributed by atoms with Crippen molar-refractivity contribution in [1.29, 1.82) is 0 Å². The molecule has 1 amide bonds. The number of aryl methyl sites for hydroxylation is 1. The Morgan fingerprint density at radius 1 is 1.22 bits per heavy atom. The molecular weight excluding hydrogens is 388 g/mol. The summed E-state index contributed by atoms with van der Waals surface area (Å²) in [5, 5.41) is 0.605. The summed E-state index contributed by atoms with van der Waals surface area (Å²) in [4.78, 5) is 17.6. The summed E-state index contributed by atoms with van der Waals surface area (Å²) in [5.41, 5.74) is -0.197. The minimum atomic E-state index is -1.12. The maximum Gasteiger partial charge on any atom is 0.291 e. The van der Waals surface area contributed by atoms with Gasteiger partial charge in [-0.15, -0.1) is 0 Å². The fourth-order valence-electron chi connectivity index (χ4n) is 2.69. The Bertz CT molecular complexity index is 1100. The summed E-state index contributed by atoms with van der Waals surface area (Å²) in [6.45, 7) is 3.61. The number of fused-ring (bicyclic) bond motifs is 2. The van der Waals surface area contributed by atoms with Gasteiger partial charge >= 0.3 is 0 Å². The first kappa shape index (κ1) is 17.9. The lowest BCUT2D eigenvalue weighted by atomic mass is 10.1. The highest BCUT2D eigenvalue weighted by Crippen LogP contribution is 2.36. The van der Waals surface area contributed by atoms with Gasteiger partial charge in [0.15, 0.2) is 21.9 Å². The Labute approximate surface area is 164 Å². The molecule has 0 saturated carbocycles. The summed E-state index contributed by atoms with van der Waals surface area (Å²) in [6.07, 6.45) is 0. The van der Waals surface area contributed by atoms with E-state index in [4.69, 9.17) is 25.8 Å². The van der Waals surface area contributed by atoms with Crippen LogP contribution in [0.4, 0.5) is 0 Å². The molecule has 0 N–H and O–H groups in total. The Morgan fingerprint density at radius 3 is 2.59 bits per heavy atom. The Hall–Kier alpha value is -2.51. The predicted molar refractivity (Wildman–Crippen MR) is 104 cm³/mol. The monoisotopic (exact) mass is 404 g/mol. The van der Waals surface area contributed by atoms with Crippen molar-refractivity contribution in [1.82, 2.24) is 4.57 Å². The second-order valence-corrected chi connectivity index (χ2v) is 8.05. The van der Waals surface area contributed by atoms with Crippen molar-refractivity contribution in [2.24, 2.45) is 12.0 Å². The average Bonchev–Trinajstić information content (AvgIpc) is 3.19. The van der Waals surface area contributed by atoms with E-state index >= 15 is 0 Å². The maximum atomic E-state index is 12.8. The summed E-state index contributed by atoms with van der Waals surface area (Å²) in [5.74, 6) is 1.58. The number of thiazole rings is 1. The molecule has 1 aromatic heterocycles. The molecular formula is C19H17ClN2O4S. The number of aromatic nitrogens is 1. The third kappa shape index (κ3) is 3.40. The Balaban J connectivity index is 1.66. The molecule has 4 rings (SSSR count). The van der Waals surface area contributed by atoms with Gasteiger partial charge in [0.05, 0.1) is 10.2 Å². The van der Waals surface area contributed by atoms with Crippen molar-refractivity contribution in [3.05, 3.63) is 46.2 Å². The van der Waals surface area contributed by atoms with Crippen molar-refractivity contribution in [3.63, 3.8) is 0 Å². The maximum absolute atomic E-state index is 12.8. The zero-order valence-electron chi connectivity index (χ0n) is 15.0. The molecule has 3 aromatic rings. The fraction of sp³-hybridized carbons (Fsp3) is 0.263. The Kier molecular flexibility index (Phi) is 4.36. The summed E-state index contributed by atoms with van der Waals surface area (Å²) in [7, 11) is 1.86. The second kappa shape index (κ2) is 6.58. The van der Waals surface area contributed by atoms with Crippen LogP contribution in [0.3, 0.4) is 0 Å². The second-order valence-electron chi connectivity index (χ2n) is 6.60. The summed E-state index contributed by atoms with van der Waals surface area (Å²) < 4.78 is 19.5. The topological polar surface area (TPSA) is 62.1 Å². The summed E-state index contributed by atoms with van der Waals surface area (Å²) in [6, 6.07) is 10.7. The van der Waals surface area contributed by atoms with E-state index in [-0.39, 0.29) is 12.7 Å². The normalized spacial score (nSPS) is 14.0. The number of ether oxygens (including phenoxy) is 3. The van der Waals surface area contributed by atoms with E-state index in [9.17, 15) is 4.79 Å². The van der Waals surface area contributed by atoms with Crippen molar-refractivity contribution >= 4 is 39.1 Å². The fourth-order valence-corrected chi connectivity index (χ4v) is 3.84. The van der Waals surface area contributed by atoms with Crippen LogP contribution in [0.5, 0.6) is 17.2 Å². The van der Waals surface area contributed by atoms with Crippen LogP contribution in [0.25, 0.3) is 10.2 Å². The SMILES string of the molecule is Cn1c(=NC(=O)C(C)(C)Oc2ccc(Cl)cc2)sc2cc3c(cc21)OCO3. The van der Waals surface area contributed by atoms with E-state index in [1.54, 1.807) is 38.1 Å². The highest BCUT2D eigenvalue weighted by molar-refractivity contribution is 7.16. The predicted octanol–water partition coefficient (Wildman–Crippen LogP) is 3.91. The van der Waals surface area contributed by atoms with E-state index in [1.165, 1.54) is 11.3 Å². The number of halogens is 1. The minimum Gasteiger partial charge on any atom is -0.478 e. The van der Waals surface area contributed by atoms with Crippen molar-refractivity contribution < 1.29 is 19.0 Å². The van der Waals surface area contributed by atoms with Crippen LogP contribution in [-0.4, -0.2) is 22.9 Å². The molecule has 0 atom stereocenters. The molecule has 0 unspecified atom stereocenters. The molecule has 1 aliphatic rings. The van der Waals surface area contributed by atoms with Gasteiger partial charge in [0.2, 0.25) is 6.79 Å². The van der Waals surface area contributed by atoms with Crippen LogP contribution >= 0.6 is 22.9 Å². The average molecular weight is 405 g/mol. The van der Waals surface area contributed by atoms with Crippen molar-refractivity contribution in [2.75, 3.05) is 6.79 Å². The van der Waals surface area contributed by atoms with E-state index in [1.807, 2.05) is 23.7 Å². The number of rotatable bonds is 3. The van der Waals surface area contributed by atoms with Gasteiger partial charge < -0.3 is 18.8 Å². The van der Waals surface area contributed by atoms with E-state index in [0.29, 0.717) is 27.1 Å². The summed E-state index contributed by atoms with van der Waals surface area (Å²) >= 11 is 7.30. The number of hydrogen-bond acceptors (Lipinski definition) is 5. The smallest absolute Gasteiger partial charge is 0.291 e. The van der Waals surface area contributed by atoms with E-state index in [0.717, 1.165) is 10.2 Å². The molecule has 2 aromatic carbocycles. The number of carbonyl (C=O) groups excluding carboxylic acids is 1. The molecule has 0 radical (unpaired) electrons. The van der Waals surface area contributed by atoms with Crippen molar-refractivity contribution in [3.8, 4) is 17.2 Å². The number of carbonyl (C=O) groups is 1. The quantitative estimate of drug-likeness (QED) is 0.664. The largest absolute Gasteiger partial charge is 0.478 e. The van der Waals surface area contributed by atoms with Gasteiger partial charge in [-0.1, -0.05) is 22.9 Å². The number of nitrogens with zero attached hydrogens (tertiary/aromatic N) is 2.